The van der Waals surface area contributed by atoms with Crippen LogP contribution in [0.15, 0.2) is 12.7 Å². The quantitative estimate of drug-likeness (QED) is 0.274. The first kappa shape index (κ1) is 19.8. The highest BCUT2D eigenvalue weighted by Gasteiger charge is 2.76. The standard InChI is InChI=1S/C11H15N5O10P2/c12-8-5-9(14-2-13-8)16(3-15-5)10-6(17)4-7(18)11(4,25-10)1-24-28(22,23)26-27(19,20)21/h2-4,6-7,10,17-18H,1H2,(H,22,23)(H2,12,13,14)(H2,19,20,21)/t4?,6-,7+,10+,11?/m0/s1. The normalized spacial score (nSPS) is 34.3. The van der Waals surface area contributed by atoms with E-state index in [0.717, 1.165) is 0 Å². The Kier molecular flexibility index (Phi) is 4.41. The van der Waals surface area contributed by atoms with Crippen LogP contribution in [0.3, 0.4) is 0 Å². The molecule has 0 spiro atoms. The summed E-state index contributed by atoms with van der Waals surface area (Å²) in [6.07, 6.45) is -1.12. The molecule has 1 aliphatic heterocycles. The van der Waals surface area contributed by atoms with E-state index in [4.69, 9.17) is 20.3 Å². The Morgan fingerprint density at radius 1 is 1.25 bits per heavy atom. The number of ether oxygens (including phenoxy) is 1. The number of fused-ring (bicyclic) bond motifs is 2. The highest BCUT2D eigenvalue weighted by atomic mass is 31.3. The van der Waals surface area contributed by atoms with Gasteiger partial charge in [-0.3, -0.25) is 9.09 Å². The Balaban J connectivity index is 1.55. The van der Waals surface area contributed by atoms with Crippen LogP contribution in [0, 0.1) is 5.92 Å². The monoisotopic (exact) mass is 439 g/mol. The van der Waals surface area contributed by atoms with Crippen molar-refractivity contribution in [3.63, 3.8) is 0 Å². The third-order valence-electron chi connectivity index (χ3n) is 4.62. The van der Waals surface area contributed by atoms with Gasteiger partial charge in [-0.1, -0.05) is 0 Å². The summed E-state index contributed by atoms with van der Waals surface area (Å²) in [7, 11) is -10.4. The summed E-state index contributed by atoms with van der Waals surface area (Å²) >= 11 is 0. The number of anilines is 1. The van der Waals surface area contributed by atoms with Gasteiger partial charge in [-0.15, -0.1) is 0 Å². The van der Waals surface area contributed by atoms with Crippen LogP contribution in [0.5, 0.6) is 0 Å². The van der Waals surface area contributed by atoms with E-state index in [1.807, 2.05) is 0 Å². The number of aromatic nitrogens is 4. The maximum absolute atomic E-state index is 11.6. The first-order valence-electron chi connectivity index (χ1n) is 7.66. The maximum atomic E-state index is 11.6. The molecule has 1 saturated heterocycles. The van der Waals surface area contributed by atoms with E-state index in [1.165, 1.54) is 17.2 Å². The van der Waals surface area contributed by atoms with Crippen LogP contribution >= 0.6 is 15.6 Å². The molecule has 2 fully saturated rings. The number of imidazole rings is 1. The van der Waals surface area contributed by atoms with Crippen LogP contribution in [-0.4, -0.2) is 68.8 Å². The molecule has 3 unspecified atom stereocenters. The zero-order valence-corrected chi connectivity index (χ0v) is 15.5. The van der Waals surface area contributed by atoms with Gasteiger partial charge in [0.15, 0.2) is 17.7 Å². The molecular formula is C11H15N5O10P2. The number of hydrogen-bond acceptors (Lipinski definition) is 11. The second kappa shape index (κ2) is 6.24. The summed E-state index contributed by atoms with van der Waals surface area (Å²) in [5.74, 6) is -0.792. The van der Waals surface area contributed by atoms with Crippen molar-refractivity contribution in [3.05, 3.63) is 12.7 Å². The van der Waals surface area contributed by atoms with Gasteiger partial charge < -0.3 is 35.4 Å². The van der Waals surface area contributed by atoms with Crippen LogP contribution in [0.4, 0.5) is 5.82 Å². The minimum atomic E-state index is -5.30. The smallest absolute Gasteiger partial charge is 0.389 e. The Hall–Kier alpha value is -1.51. The number of nitrogens with zero attached hydrogens (tertiary/aromatic N) is 4. The SMILES string of the molecule is Nc1ncnc2c1ncn2[C@@H]1OC2(COP(=O)(O)OP(=O)(O)O)C([C@H]2O)[C@@H]1O. The predicted octanol–water partition coefficient (Wildman–Crippen LogP) is -1.75. The molecule has 6 atom stereocenters. The van der Waals surface area contributed by atoms with E-state index in [2.05, 4.69) is 23.8 Å². The molecule has 0 amide bonds. The van der Waals surface area contributed by atoms with E-state index in [9.17, 15) is 24.2 Å². The lowest BCUT2D eigenvalue weighted by Gasteiger charge is -2.23. The molecular weight excluding hydrogens is 424 g/mol. The largest absolute Gasteiger partial charge is 0.481 e. The molecule has 2 aromatic heterocycles. The number of aliphatic hydroxyl groups is 2. The maximum Gasteiger partial charge on any atom is 0.481 e. The fourth-order valence-electron chi connectivity index (χ4n) is 3.35. The van der Waals surface area contributed by atoms with Gasteiger partial charge in [0.2, 0.25) is 0 Å². The van der Waals surface area contributed by atoms with Crippen molar-refractivity contribution in [1.82, 2.24) is 19.5 Å². The number of aliphatic hydroxyl groups excluding tert-OH is 2. The first-order valence-corrected chi connectivity index (χ1v) is 10.7. The molecule has 1 aliphatic carbocycles. The number of phosphoric acid groups is 2. The highest BCUT2D eigenvalue weighted by Crippen LogP contribution is 2.63. The predicted molar refractivity (Wildman–Crippen MR) is 87.0 cm³/mol. The summed E-state index contributed by atoms with van der Waals surface area (Å²) in [4.78, 5) is 38.5. The molecule has 17 heteroatoms. The zero-order valence-electron chi connectivity index (χ0n) is 13.7. The first-order chi connectivity index (χ1) is 13.0. The molecule has 154 valence electrons. The van der Waals surface area contributed by atoms with Crippen molar-refractivity contribution in [3.8, 4) is 0 Å². The fourth-order valence-corrected chi connectivity index (χ4v) is 4.98. The third kappa shape index (κ3) is 3.15. The highest BCUT2D eigenvalue weighted by molar-refractivity contribution is 7.60. The second-order valence-corrected chi connectivity index (χ2v) is 9.15. The van der Waals surface area contributed by atoms with Crippen molar-refractivity contribution in [1.29, 1.82) is 0 Å². The van der Waals surface area contributed by atoms with Crippen LogP contribution in [0.25, 0.3) is 11.2 Å². The van der Waals surface area contributed by atoms with Gasteiger partial charge >= 0.3 is 15.6 Å². The van der Waals surface area contributed by atoms with Crippen molar-refractivity contribution in [2.75, 3.05) is 12.3 Å². The van der Waals surface area contributed by atoms with Gasteiger partial charge in [0.1, 0.15) is 23.5 Å². The minimum absolute atomic E-state index is 0.107. The molecule has 2 aliphatic rings. The fraction of sp³-hybridized carbons (Fsp3) is 0.545. The van der Waals surface area contributed by atoms with Gasteiger partial charge in [0.25, 0.3) is 0 Å². The minimum Gasteiger partial charge on any atom is -0.389 e. The molecule has 0 bridgehead atoms. The van der Waals surface area contributed by atoms with Crippen LogP contribution < -0.4 is 5.73 Å². The van der Waals surface area contributed by atoms with E-state index < -0.39 is 52.2 Å². The van der Waals surface area contributed by atoms with Crippen molar-refractivity contribution in [2.45, 2.75) is 24.0 Å². The molecule has 2 aromatic rings. The number of rotatable bonds is 6. The van der Waals surface area contributed by atoms with Gasteiger partial charge in [0.05, 0.1) is 25.0 Å². The molecule has 15 nitrogen and oxygen atoms in total. The topological polar surface area (TPSA) is 233 Å². The van der Waals surface area contributed by atoms with Gasteiger partial charge in [-0.05, 0) is 0 Å². The second-order valence-electron chi connectivity index (χ2n) is 6.32. The average Bonchev–Trinajstić information content (AvgIpc) is 2.87. The molecule has 28 heavy (non-hydrogen) atoms. The van der Waals surface area contributed by atoms with E-state index in [-0.39, 0.29) is 17.0 Å². The Morgan fingerprint density at radius 3 is 2.64 bits per heavy atom. The van der Waals surface area contributed by atoms with Crippen LogP contribution in [0.2, 0.25) is 0 Å². The lowest BCUT2D eigenvalue weighted by molar-refractivity contribution is -0.114. The van der Waals surface area contributed by atoms with Crippen molar-refractivity contribution in [2.24, 2.45) is 5.92 Å². The average molecular weight is 439 g/mol. The Bertz CT molecular complexity index is 1030. The van der Waals surface area contributed by atoms with Crippen LogP contribution in [0.1, 0.15) is 6.23 Å². The van der Waals surface area contributed by atoms with E-state index in [0.29, 0.717) is 0 Å². The lowest BCUT2D eigenvalue weighted by Crippen LogP contribution is -2.30. The third-order valence-corrected chi connectivity index (χ3v) is 6.75. The molecule has 0 radical (unpaired) electrons. The zero-order chi connectivity index (χ0) is 20.5. The number of hydrogen-bond donors (Lipinski definition) is 6. The molecule has 4 rings (SSSR count). The summed E-state index contributed by atoms with van der Waals surface area (Å²) in [6, 6.07) is 0. The summed E-state index contributed by atoms with van der Waals surface area (Å²) < 4.78 is 37.6. The number of phosphoric ester groups is 1. The van der Waals surface area contributed by atoms with E-state index >= 15 is 0 Å². The lowest BCUT2D eigenvalue weighted by atomic mass is 10.2. The molecule has 3 heterocycles. The van der Waals surface area contributed by atoms with Crippen molar-refractivity contribution < 1.29 is 47.6 Å². The van der Waals surface area contributed by atoms with E-state index in [1.54, 1.807) is 0 Å². The van der Waals surface area contributed by atoms with Gasteiger partial charge in [-0.2, -0.15) is 4.31 Å². The van der Waals surface area contributed by atoms with Gasteiger partial charge in [-0.25, -0.2) is 24.1 Å². The number of nitrogen functional groups attached to an aromatic ring is 1. The molecule has 7 N–H and O–H groups in total. The van der Waals surface area contributed by atoms with Crippen LogP contribution in [-0.2, 0) is 22.7 Å². The van der Waals surface area contributed by atoms with Crippen molar-refractivity contribution >= 4 is 32.6 Å². The Labute approximate surface area is 155 Å². The summed E-state index contributed by atoms with van der Waals surface area (Å²) in [5, 5.41) is 20.6. The Morgan fingerprint density at radius 2 is 1.96 bits per heavy atom. The molecule has 1 saturated carbocycles. The summed E-state index contributed by atoms with van der Waals surface area (Å²) in [6.45, 7) is -0.774. The van der Waals surface area contributed by atoms with Gasteiger partial charge in [0, 0.05) is 0 Å². The summed E-state index contributed by atoms with van der Waals surface area (Å²) in [5.41, 5.74) is 4.63. The number of nitrogens with two attached hydrogens (primary N) is 1. The molecule has 0 aromatic carbocycles.